The van der Waals surface area contributed by atoms with Crippen LogP contribution in [0.15, 0.2) is 60.0 Å². The van der Waals surface area contributed by atoms with Gasteiger partial charge in [-0.2, -0.15) is 0 Å². The lowest BCUT2D eigenvalue weighted by Gasteiger charge is -2.24. The summed E-state index contributed by atoms with van der Waals surface area (Å²) in [7, 11) is 0. The number of nitrogens with zero attached hydrogens (tertiary/aromatic N) is 2. The minimum atomic E-state index is -0.417. The summed E-state index contributed by atoms with van der Waals surface area (Å²) in [6, 6.07) is 15.8. The molecule has 1 unspecified atom stereocenters. The van der Waals surface area contributed by atoms with E-state index < -0.39 is 5.91 Å². The lowest BCUT2D eigenvalue weighted by atomic mass is 10.0. The van der Waals surface area contributed by atoms with E-state index in [2.05, 4.69) is 6.07 Å². The maximum absolute atomic E-state index is 13.3. The quantitative estimate of drug-likeness (QED) is 0.522. The second-order valence-corrected chi connectivity index (χ2v) is 8.78. The van der Waals surface area contributed by atoms with Crippen LogP contribution in [-0.2, 0) is 0 Å². The van der Waals surface area contributed by atoms with Crippen LogP contribution in [0.5, 0.6) is 5.75 Å². The lowest BCUT2D eigenvalue weighted by molar-refractivity contribution is 0.0737. The van der Waals surface area contributed by atoms with Gasteiger partial charge in [0.25, 0.3) is 17.7 Å². The third-order valence-corrected chi connectivity index (χ3v) is 6.90. The van der Waals surface area contributed by atoms with E-state index in [-0.39, 0.29) is 23.4 Å². The molecule has 2 aliphatic heterocycles. The average Bonchev–Trinajstić information content (AvgIpc) is 3.55. The van der Waals surface area contributed by atoms with Crippen molar-refractivity contribution in [2.45, 2.75) is 25.8 Å². The molecule has 2 aliphatic rings. The molecule has 1 aromatic heterocycles. The van der Waals surface area contributed by atoms with Gasteiger partial charge >= 0.3 is 0 Å². The van der Waals surface area contributed by atoms with Crippen molar-refractivity contribution in [3.8, 4) is 5.75 Å². The SMILES string of the molecule is CCOc1ccc(N2C(=O)c3ccc(C(=O)N4CCCC4c4cccs4)cc3C2=O)cc1. The zero-order valence-electron chi connectivity index (χ0n) is 17.6. The molecule has 0 bridgehead atoms. The van der Waals surface area contributed by atoms with Crippen molar-refractivity contribution in [3.05, 3.63) is 81.5 Å². The first-order valence-electron chi connectivity index (χ1n) is 10.7. The molecule has 0 aliphatic carbocycles. The molecule has 5 rings (SSSR count). The normalized spacial score (nSPS) is 17.7. The number of hydrogen-bond acceptors (Lipinski definition) is 5. The first kappa shape index (κ1) is 20.5. The number of hydrogen-bond donors (Lipinski definition) is 0. The van der Waals surface area contributed by atoms with Gasteiger partial charge in [-0.1, -0.05) is 6.07 Å². The van der Waals surface area contributed by atoms with Crippen LogP contribution < -0.4 is 9.64 Å². The third-order valence-electron chi connectivity index (χ3n) is 5.92. The smallest absolute Gasteiger partial charge is 0.266 e. The highest BCUT2D eigenvalue weighted by molar-refractivity contribution is 7.10. The highest BCUT2D eigenvalue weighted by Crippen LogP contribution is 2.36. The first-order chi connectivity index (χ1) is 15.6. The molecule has 0 N–H and O–H groups in total. The highest BCUT2D eigenvalue weighted by atomic mass is 32.1. The van der Waals surface area contributed by atoms with Gasteiger partial charge in [0.1, 0.15) is 5.75 Å². The van der Waals surface area contributed by atoms with Gasteiger partial charge in [-0.15, -0.1) is 11.3 Å². The summed E-state index contributed by atoms with van der Waals surface area (Å²) in [5.74, 6) is -0.235. The molecule has 7 heteroatoms. The predicted octanol–water partition coefficient (Wildman–Crippen LogP) is 4.92. The number of fused-ring (bicyclic) bond motifs is 1. The lowest BCUT2D eigenvalue weighted by Crippen LogP contribution is -2.30. The Hall–Kier alpha value is -3.45. The predicted molar refractivity (Wildman–Crippen MR) is 123 cm³/mol. The molecule has 32 heavy (non-hydrogen) atoms. The number of carbonyl (C=O) groups excluding carboxylic acids is 3. The van der Waals surface area contributed by atoms with E-state index in [1.54, 1.807) is 53.8 Å². The second kappa shape index (κ2) is 8.24. The highest BCUT2D eigenvalue weighted by Gasteiger charge is 2.38. The first-order valence-corrected chi connectivity index (χ1v) is 11.6. The summed E-state index contributed by atoms with van der Waals surface area (Å²) in [5.41, 5.74) is 1.49. The number of ether oxygens (including phenoxy) is 1. The van der Waals surface area contributed by atoms with Crippen LogP contribution >= 0.6 is 11.3 Å². The van der Waals surface area contributed by atoms with E-state index in [1.807, 2.05) is 23.3 Å². The van der Waals surface area contributed by atoms with Gasteiger partial charge < -0.3 is 9.64 Å². The van der Waals surface area contributed by atoms with Crippen molar-refractivity contribution in [2.24, 2.45) is 0 Å². The van der Waals surface area contributed by atoms with Gasteiger partial charge in [-0.25, -0.2) is 4.90 Å². The Bertz CT molecular complexity index is 1190. The molecular weight excluding hydrogens is 424 g/mol. The number of anilines is 1. The number of carbonyl (C=O) groups is 3. The Labute approximate surface area is 190 Å². The average molecular weight is 447 g/mol. The molecule has 162 valence electrons. The molecular formula is C25H22N2O4S. The Kier molecular flexibility index (Phi) is 5.27. The number of benzene rings is 2. The van der Waals surface area contributed by atoms with Crippen LogP contribution in [0, 0.1) is 0 Å². The standard InChI is InChI=1S/C25H22N2O4S/c1-2-31-18-10-8-17(9-11-18)27-24(29)19-12-7-16(15-20(19)25(27)30)23(28)26-13-3-5-21(26)22-6-4-14-32-22/h4,6-12,14-15,21H,2-3,5,13H2,1H3. The molecule has 0 saturated carbocycles. The Morgan fingerprint density at radius 1 is 1.06 bits per heavy atom. The Morgan fingerprint density at radius 3 is 2.56 bits per heavy atom. The topological polar surface area (TPSA) is 66.9 Å². The fraction of sp³-hybridized carbons (Fsp3) is 0.240. The van der Waals surface area contributed by atoms with Gasteiger partial charge in [0.15, 0.2) is 0 Å². The number of thiophene rings is 1. The maximum Gasteiger partial charge on any atom is 0.266 e. The summed E-state index contributed by atoms with van der Waals surface area (Å²) >= 11 is 1.65. The third kappa shape index (κ3) is 3.39. The van der Waals surface area contributed by atoms with Crippen molar-refractivity contribution in [2.75, 3.05) is 18.1 Å². The zero-order chi connectivity index (χ0) is 22.2. The number of imide groups is 1. The Balaban J connectivity index is 1.42. The molecule has 2 aromatic carbocycles. The van der Waals surface area contributed by atoms with Gasteiger partial charge in [-0.3, -0.25) is 14.4 Å². The summed E-state index contributed by atoms with van der Waals surface area (Å²) < 4.78 is 5.44. The van der Waals surface area contributed by atoms with Crippen molar-refractivity contribution in [3.63, 3.8) is 0 Å². The molecule has 3 amide bonds. The fourth-order valence-electron chi connectivity index (χ4n) is 4.42. The van der Waals surface area contributed by atoms with E-state index in [0.717, 1.165) is 17.7 Å². The maximum atomic E-state index is 13.3. The summed E-state index contributed by atoms with van der Waals surface area (Å²) in [6.45, 7) is 3.11. The van der Waals surface area contributed by atoms with Crippen molar-refractivity contribution in [1.29, 1.82) is 0 Å². The van der Waals surface area contributed by atoms with Crippen LogP contribution in [0.3, 0.4) is 0 Å². The van der Waals surface area contributed by atoms with Crippen molar-refractivity contribution < 1.29 is 19.1 Å². The van der Waals surface area contributed by atoms with Crippen molar-refractivity contribution >= 4 is 34.7 Å². The van der Waals surface area contributed by atoms with E-state index in [9.17, 15) is 14.4 Å². The van der Waals surface area contributed by atoms with Crippen LogP contribution in [0.25, 0.3) is 0 Å². The molecule has 0 radical (unpaired) electrons. The van der Waals surface area contributed by atoms with Crippen LogP contribution in [0.1, 0.15) is 61.8 Å². The number of amides is 3. The van der Waals surface area contributed by atoms with Crippen LogP contribution in [0.4, 0.5) is 5.69 Å². The van der Waals surface area contributed by atoms with E-state index >= 15 is 0 Å². The van der Waals surface area contributed by atoms with Gasteiger partial charge in [0.2, 0.25) is 0 Å². The van der Waals surface area contributed by atoms with Crippen LogP contribution in [-0.4, -0.2) is 35.8 Å². The molecule has 1 atom stereocenters. The largest absolute Gasteiger partial charge is 0.494 e. The molecule has 3 aromatic rings. The molecule has 1 saturated heterocycles. The number of likely N-dealkylation sites (tertiary alicyclic amines) is 1. The van der Waals surface area contributed by atoms with Gasteiger partial charge in [0, 0.05) is 17.0 Å². The minimum absolute atomic E-state index is 0.0634. The van der Waals surface area contributed by atoms with Gasteiger partial charge in [0.05, 0.1) is 29.5 Å². The van der Waals surface area contributed by atoms with E-state index in [4.69, 9.17) is 4.74 Å². The molecule has 6 nitrogen and oxygen atoms in total. The molecule has 1 fully saturated rings. The minimum Gasteiger partial charge on any atom is -0.494 e. The fourth-order valence-corrected chi connectivity index (χ4v) is 5.29. The van der Waals surface area contributed by atoms with E-state index in [0.29, 0.717) is 35.7 Å². The second-order valence-electron chi connectivity index (χ2n) is 7.80. The summed E-state index contributed by atoms with van der Waals surface area (Å²) in [5, 5.41) is 2.02. The zero-order valence-corrected chi connectivity index (χ0v) is 18.4. The summed E-state index contributed by atoms with van der Waals surface area (Å²) in [6.07, 6.45) is 1.88. The summed E-state index contributed by atoms with van der Waals surface area (Å²) in [4.78, 5) is 43.6. The Morgan fingerprint density at radius 2 is 1.84 bits per heavy atom. The molecule has 3 heterocycles. The number of rotatable bonds is 5. The molecule has 0 spiro atoms. The van der Waals surface area contributed by atoms with Gasteiger partial charge in [-0.05, 0) is 73.7 Å². The van der Waals surface area contributed by atoms with Crippen molar-refractivity contribution in [1.82, 2.24) is 4.90 Å². The van der Waals surface area contributed by atoms with Crippen LogP contribution in [0.2, 0.25) is 0 Å². The van der Waals surface area contributed by atoms with E-state index in [1.165, 1.54) is 4.88 Å². The monoisotopic (exact) mass is 446 g/mol.